The highest BCUT2D eigenvalue weighted by molar-refractivity contribution is 9.10. The molecule has 16 heavy (non-hydrogen) atoms. The molecule has 1 rings (SSSR count). The van der Waals surface area contributed by atoms with Gasteiger partial charge in [-0.2, -0.15) is 0 Å². The van der Waals surface area contributed by atoms with Crippen molar-refractivity contribution in [1.82, 2.24) is 10.9 Å². The minimum Gasteiger partial charge on any atom is -0.496 e. The van der Waals surface area contributed by atoms with Crippen molar-refractivity contribution in [2.24, 2.45) is 5.73 Å². The van der Waals surface area contributed by atoms with Gasteiger partial charge in [-0.25, -0.2) is 5.43 Å². The molecule has 0 bridgehead atoms. The van der Waals surface area contributed by atoms with Crippen LogP contribution in [0.25, 0.3) is 0 Å². The largest absolute Gasteiger partial charge is 0.496 e. The van der Waals surface area contributed by atoms with E-state index in [4.69, 9.17) is 10.5 Å². The van der Waals surface area contributed by atoms with Crippen molar-refractivity contribution in [1.29, 1.82) is 0 Å². The van der Waals surface area contributed by atoms with Crippen molar-refractivity contribution in [3.05, 3.63) is 28.2 Å². The molecule has 0 spiro atoms. The maximum absolute atomic E-state index is 11.5. The molecular formula is C10H14BrN3O2. The van der Waals surface area contributed by atoms with Gasteiger partial charge in [-0.05, 0) is 33.6 Å². The number of carbonyl (C=O) groups excluding carboxylic acids is 1. The van der Waals surface area contributed by atoms with Crippen molar-refractivity contribution in [2.75, 3.05) is 14.2 Å². The number of methoxy groups -OCH3 is 1. The average Bonchev–Trinajstić information content (AvgIpc) is 2.28. The van der Waals surface area contributed by atoms with Crippen molar-refractivity contribution < 1.29 is 9.53 Å². The number of hydrogen-bond donors (Lipinski definition) is 3. The number of hydrogen-bond acceptors (Lipinski definition) is 4. The van der Waals surface area contributed by atoms with Crippen LogP contribution in [0, 0.1) is 0 Å². The summed E-state index contributed by atoms with van der Waals surface area (Å²) in [5.41, 5.74) is 11.5. The fraction of sp³-hybridized carbons (Fsp3) is 0.300. The summed E-state index contributed by atoms with van der Waals surface area (Å²) in [5.74, 6) is 0.407. The molecule has 0 heterocycles. The Morgan fingerprint density at radius 1 is 1.56 bits per heavy atom. The highest BCUT2D eigenvalue weighted by Gasteiger charge is 2.16. The predicted molar refractivity (Wildman–Crippen MR) is 64.8 cm³/mol. The molecule has 0 radical (unpaired) electrons. The lowest BCUT2D eigenvalue weighted by molar-refractivity contribution is -0.123. The van der Waals surface area contributed by atoms with Gasteiger partial charge >= 0.3 is 0 Å². The molecule has 0 aliphatic heterocycles. The first-order chi connectivity index (χ1) is 7.60. The Morgan fingerprint density at radius 2 is 2.25 bits per heavy atom. The van der Waals surface area contributed by atoms with Gasteiger partial charge in [0.1, 0.15) is 11.8 Å². The molecule has 0 aliphatic rings. The molecule has 1 atom stereocenters. The molecule has 4 N–H and O–H groups in total. The lowest BCUT2D eigenvalue weighted by Crippen LogP contribution is -2.40. The van der Waals surface area contributed by atoms with Crippen molar-refractivity contribution in [2.45, 2.75) is 6.04 Å². The number of nitrogens with one attached hydrogen (secondary N) is 2. The van der Waals surface area contributed by atoms with E-state index in [9.17, 15) is 4.79 Å². The highest BCUT2D eigenvalue weighted by Crippen LogP contribution is 2.27. The minimum absolute atomic E-state index is 0.292. The van der Waals surface area contributed by atoms with Crippen LogP contribution in [-0.2, 0) is 4.79 Å². The van der Waals surface area contributed by atoms with E-state index in [-0.39, 0.29) is 5.91 Å². The van der Waals surface area contributed by atoms with E-state index in [1.54, 1.807) is 32.4 Å². The van der Waals surface area contributed by atoms with Crippen LogP contribution in [0.5, 0.6) is 5.75 Å². The summed E-state index contributed by atoms with van der Waals surface area (Å²) in [7, 11) is 3.18. The van der Waals surface area contributed by atoms with Crippen LogP contribution in [0.2, 0.25) is 0 Å². The molecule has 5 nitrogen and oxygen atoms in total. The van der Waals surface area contributed by atoms with E-state index in [1.807, 2.05) is 0 Å². The second-order valence-corrected chi connectivity index (χ2v) is 3.97. The third-order valence-electron chi connectivity index (χ3n) is 2.07. The van der Waals surface area contributed by atoms with Gasteiger partial charge in [-0.3, -0.25) is 10.2 Å². The molecule has 1 amide bonds. The Labute approximate surface area is 102 Å². The van der Waals surface area contributed by atoms with E-state index in [1.165, 1.54) is 0 Å². The zero-order valence-electron chi connectivity index (χ0n) is 9.08. The Hall–Kier alpha value is -1.11. The summed E-state index contributed by atoms with van der Waals surface area (Å²) in [6.07, 6.45) is 0. The van der Waals surface area contributed by atoms with Gasteiger partial charge in [0.15, 0.2) is 0 Å². The quantitative estimate of drug-likeness (QED) is 0.713. The van der Waals surface area contributed by atoms with E-state index in [2.05, 4.69) is 26.8 Å². The third kappa shape index (κ3) is 2.94. The zero-order valence-corrected chi connectivity index (χ0v) is 10.7. The average molecular weight is 288 g/mol. The SMILES string of the molecule is CNNC(=O)C(N)c1ccc(OC)c(Br)c1. The number of nitrogens with two attached hydrogens (primary N) is 1. The van der Waals surface area contributed by atoms with Crippen LogP contribution < -0.4 is 21.3 Å². The number of halogens is 1. The Balaban J connectivity index is 2.88. The molecule has 6 heteroatoms. The molecule has 0 aromatic heterocycles. The van der Waals surface area contributed by atoms with Gasteiger partial charge in [0, 0.05) is 7.05 Å². The maximum Gasteiger partial charge on any atom is 0.255 e. The Kier molecular flexibility index (Phi) is 4.72. The lowest BCUT2D eigenvalue weighted by atomic mass is 10.1. The molecule has 0 aliphatic carbocycles. The molecule has 1 unspecified atom stereocenters. The standard InChI is InChI=1S/C10H14BrN3O2/c1-13-14-10(15)9(12)6-3-4-8(16-2)7(11)5-6/h3-5,9,13H,12H2,1-2H3,(H,14,15). The summed E-state index contributed by atoms with van der Waals surface area (Å²) in [4.78, 5) is 11.5. The monoisotopic (exact) mass is 287 g/mol. The summed E-state index contributed by atoms with van der Waals surface area (Å²) >= 11 is 3.34. The molecule has 1 aromatic carbocycles. The minimum atomic E-state index is -0.713. The van der Waals surface area contributed by atoms with Gasteiger partial charge in [-0.15, -0.1) is 0 Å². The summed E-state index contributed by atoms with van der Waals surface area (Å²) < 4.78 is 5.85. The van der Waals surface area contributed by atoms with Gasteiger partial charge in [0.05, 0.1) is 11.6 Å². The van der Waals surface area contributed by atoms with Crippen molar-refractivity contribution >= 4 is 21.8 Å². The molecular weight excluding hydrogens is 274 g/mol. The number of carbonyl (C=O) groups is 1. The molecule has 88 valence electrons. The number of benzene rings is 1. The second kappa shape index (κ2) is 5.83. The fourth-order valence-electron chi connectivity index (χ4n) is 1.23. The summed E-state index contributed by atoms with van der Waals surface area (Å²) in [5, 5.41) is 0. The van der Waals surface area contributed by atoms with Crippen LogP contribution in [0.1, 0.15) is 11.6 Å². The van der Waals surface area contributed by atoms with Crippen LogP contribution in [-0.4, -0.2) is 20.1 Å². The second-order valence-electron chi connectivity index (χ2n) is 3.11. The highest BCUT2D eigenvalue weighted by atomic mass is 79.9. The first-order valence-corrected chi connectivity index (χ1v) is 5.45. The Morgan fingerprint density at radius 3 is 2.75 bits per heavy atom. The smallest absolute Gasteiger partial charge is 0.255 e. The van der Waals surface area contributed by atoms with Gasteiger partial charge < -0.3 is 10.5 Å². The van der Waals surface area contributed by atoms with Crippen molar-refractivity contribution in [3.8, 4) is 5.75 Å². The number of ether oxygens (including phenoxy) is 1. The van der Waals surface area contributed by atoms with Crippen LogP contribution in [0.15, 0.2) is 22.7 Å². The van der Waals surface area contributed by atoms with Crippen LogP contribution in [0.4, 0.5) is 0 Å². The summed E-state index contributed by atoms with van der Waals surface area (Å²) in [6.45, 7) is 0. The molecule has 0 saturated heterocycles. The predicted octanol–water partition coefficient (Wildman–Crippen LogP) is 0.708. The van der Waals surface area contributed by atoms with Crippen LogP contribution >= 0.6 is 15.9 Å². The first kappa shape index (κ1) is 13.0. The fourth-order valence-corrected chi connectivity index (χ4v) is 1.79. The van der Waals surface area contributed by atoms with Gasteiger partial charge in [0.2, 0.25) is 0 Å². The van der Waals surface area contributed by atoms with E-state index < -0.39 is 6.04 Å². The van der Waals surface area contributed by atoms with Crippen LogP contribution in [0.3, 0.4) is 0 Å². The molecule has 0 fully saturated rings. The zero-order chi connectivity index (χ0) is 12.1. The molecule has 0 saturated carbocycles. The summed E-state index contributed by atoms with van der Waals surface area (Å²) in [6, 6.07) is 4.56. The van der Waals surface area contributed by atoms with Gasteiger partial charge in [-0.1, -0.05) is 6.07 Å². The van der Waals surface area contributed by atoms with E-state index in [0.717, 1.165) is 4.47 Å². The number of amides is 1. The maximum atomic E-state index is 11.5. The Bertz CT molecular complexity index is 384. The first-order valence-electron chi connectivity index (χ1n) is 4.65. The number of rotatable bonds is 4. The normalized spacial score (nSPS) is 12.0. The number of hydrazine groups is 1. The van der Waals surface area contributed by atoms with E-state index in [0.29, 0.717) is 11.3 Å². The topological polar surface area (TPSA) is 76.4 Å². The van der Waals surface area contributed by atoms with Gasteiger partial charge in [0.25, 0.3) is 5.91 Å². The van der Waals surface area contributed by atoms with Crippen molar-refractivity contribution in [3.63, 3.8) is 0 Å². The third-order valence-corrected chi connectivity index (χ3v) is 2.69. The molecule has 1 aromatic rings. The van der Waals surface area contributed by atoms with E-state index >= 15 is 0 Å². The lowest BCUT2D eigenvalue weighted by Gasteiger charge is -2.13.